The number of carbonyl (C=O) groups is 1. The van der Waals surface area contributed by atoms with Crippen molar-refractivity contribution in [3.8, 4) is 5.75 Å². The topological polar surface area (TPSA) is 54.0 Å². The van der Waals surface area contributed by atoms with Gasteiger partial charge in [0.1, 0.15) is 24.1 Å². The number of halogens is 1. The van der Waals surface area contributed by atoms with Crippen molar-refractivity contribution in [2.24, 2.45) is 0 Å². The van der Waals surface area contributed by atoms with Crippen molar-refractivity contribution in [2.75, 3.05) is 36.0 Å². The van der Waals surface area contributed by atoms with Gasteiger partial charge in [0.05, 0.1) is 29.8 Å². The number of amides is 1. The van der Waals surface area contributed by atoms with E-state index in [1.54, 1.807) is 6.07 Å². The molecule has 4 rings (SSSR count). The summed E-state index contributed by atoms with van der Waals surface area (Å²) >= 11 is 5.29. The number of rotatable bonds is 6. The van der Waals surface area contributed by atoms with E-state index in [9.17, 15) is 9.18 Å². The monoisotopic (exact) mass is 407 g/mol. The van der Waals surface area contributed by atoms with Crippen LogP contribution >= 0.6 is 12.2 Å². The number of unbranched alkanes of at least 4 members (excludes halogenated alkanes) is 1. The normalized spacial score (nSPS) is 23.1. The van der Waals surface area contributed by atoms with Crippen molar-refractivity contribution < 1.29 is 18.7 Å². The highest BCUT2D eigenvalue weighted by Gasteiger charge is 2.37. The molecule has 0 spiro atoms. The number of benzene rings is 1. The van der Waals surface area contributed by atoms with Gasteiger partial charge in [0.15, 0.2) is 5.82 Å². The van der Waals surface area contributed by atoms with Crippen molar-refractivity contribution in [2.45, 2.75) is 51.2 Å². The second kappa shape index (κ2) is 8.11. The molecule has 8 heteroatoms. The second-order valence-electron chi connectivity index (χ2n) is 7.60. The van der Waals surface area contributed by atoms with Crippen molar-refractivity contribution in [3.63, 3.8) is 0 Å². The van der Waals surface area contributed by atoms with Crippen LogP contribution in [0.25, 0.3) is 0 Å². The molecule has 6 nitrogen and oxygen atoms in total. The zero-order chi connectivity index (χ0) is 19.7. The van der Waals surface area contributed by atoms with Crippen LogP contribution in [-0.2, 0) is 4.74 Å². The molecule has 1 N–H and O–H groups in total. The zero-order valence-electron chi connectivity index (χ0n) is 16.1. The minimum atomic E-state index is -0.472. The van der Waals surface area contributed by atoms with Gasteiger partial charge in [-0.1, -0.05) is 25.6 Å². The summed E-state index contributed by atoms with van der Waals surface area (Å²) in [6.07, 6.45) is 4.22. The van der Waals surface area contributed by atoms with Crippen molar-refractivity contribution in [1.82, 2.24) is 5.32 Å². The molecule has 2 saturated heterocycles. The predicted octanol–water partition coefficient (Wildman–Crippen LogP) is 3.62. The van der Waals surface area contributed by atoms with Gasteiger partial charge in [0, 0.05) is 18.7 Å². The molecule has 3 heterocycles. The highest BCUT2D eigenvalue weighted by atomic mass is 32.1. The Morgan fingerprint density at radius 2 is 2.29 bits per heavy atom. The molecule has 2 fully saturated rings. The number of ether oxygens (including phenoxy) is 2. The summed E-state index contributed by atoms with van der Waals surface area (Å²) in [5.74, 6) is 0.150. The highest BCUT2D eigenvalue weighted by molar-refractivity contribution is 7.80. The molecule has 0 aliphatic carbocycles. The van der Waals surface area contributed by atoms with Gasteiger partial charge in [-0.2, -0.15) is 0 Å². The van der Waals surface area contributed by atoms with E-state index in [1.807, 2.05) is 0 Å². The van der Waals surface area contributed by atoms with Gasteiger partial charge in [0.2, 0.25) is 0 Å². The van der Waals surface area contributed by atoms with E-state index in [4.69, 9.17) is 21.7 Å². The maximum absolute atomic E-state index is 14.9. The Morgan fingerprint density at radius 1 is 1.43 bits per heavy atom. The number of hydrogen-bond donors (Lipinski definition) is 1. The molecule has 1 amide bonds. The first-order valence-corrected chi connectivity index (χ1v) is 10.5. The van der Waals surface area contributed by atoms with Crippen LogP contribution in [0.15, 0.2) is 12.1 Å². The van der Waals surface area contributed by atoms with Crippen molar-refractivity contribution >= 4 is 34.7 Å². The lowest BCUT2D eigenvalue weighted by Gasteiger charge is -2.34. The van der Waals surface area contributed by atoms with E-state index >= 15 is 0 Å². The third-order valence-electron chi connectivity index (χ3n) is 5.58. The molecule has 0 aromatic heterocycles. The lowest BCUT2D eigenvalue weighted by Crippen LogP contribution is -2.39. The van der Waals surface area contributed by atoms with Crippen LogP contribution < -0.4 is 19.9 Å². The SMILES string of the molecule is CCCCC(=S)NC[C@H]1CN(c2cc(F)c3c(c2)OC[C@@H]2CCCN32)C(=O)O1. The van der Waals surface area contributed by atoms with Gasteiger partial charge in [-0.25, -0.2) is 9.18 Å². The summed E-state index contributed by atoms with van der Waals surface area (Å²) in [5.41, 5.74) is 0.986. The minimum Gasteiger partial charge on any atom is -0.489 e. The fourth-order valence-electron chi connectivity index (χ4n) is 4.09. The number of cyclic esters (lactones) is 1. The Morgan fingerprint density at radius 3 is 3.11 bits per heavy atom. The predicted molar refractivity (Wildman–Crippen MR) is 110 cm³/mol. The molecule has 0 saturated carbocycles. The number of hydrogen-bond acceptors (Lipinski definition) is 5. The van der Waals surface area contributed by atoms with Gasteiger partial charge in [-0.3, -0.25) is 4.90 Å². The molecule has 1 aromatic carbocycles. The molecule has 3 aliphatic rings. The molecule has 28 heavy (non-hydrogen) atoms. The van der Waals surface area contributed by atoms with Gasteiger partial charge in [-0.05, 0) is 25.7 Å². The molecule has 0 radical (unpaired) electrons. The maximum Gasteiger partial charge on any atom is 0.414 e. The molecule has 2 atom stereocenters. The fraction of sp³-hybridized carbons (Fsp3) is 0.600. The lowest BCUT2D eigenvalue weighted by atomic mass is 10.1. The third-order valence-corrected chi connectivity index (χ3v) is 5.93. The average molecular weight is 408 g/mol. The largest absolute Gasteiger partial charge is 0.489 e. The Kier molecular flexibility index (Phi) is 5.57. The van der Waals surface area contributed by atoms with Crippen molar-refractivity contribution in [3.05, 3.63) is 17.9 Å². The van der Waals surface area contributed by atoms with Crippen LogP contribution in [-0.4, -0.2) is 49.5 Å². The molecule has 0 unspecified atom stereocenters. The number of nitrogens with zero attached hydrogens (tertiary/aromatic N) is 2. The van der Waals surface area contributed by atoms with Gasteiger partial charge >= 0.3 is 6.09 Å². The van der Waals surface area contributed by atoms with Crippen molar-refractivity contribution in [1.29, 1.82) is 0 Å². The first-order chi connectivity index (χ1) is 13.6. The standard InChI is InChI=1S/C20H26FN3O3S/c1-2-3-6-18(28)22-10-15-11-24(20(25)27-15)14-8-16(21)19-17(9-14)26-12-13-5-4-7-23(13)19/h8-9,13,15H,2-7,10-12H2,1H3,(H,22,28)/t13-,15-/m0/s1. The average Bonchev–Trinajstić information content (AvgIpc) is 3.30. The van der Waals surface area contributed by atoms with Crippen LogP contribution in [0.3, 0.4) is 0 Å². The van der Waals surface area contributed by atoms with E-state index in [-0.39, 0.29) is 18.0 Å². The summed E-state index contributed by atoms with van der Waals surface area (Å²) in [4.78, 5) is 16.7. The Bertz CT molecular complexity index is 775. The quantitative estimate of drug-likeness (QED) is 0.727. The first kappa shape index (κ1) is 19.2. The zero-order valence-corrected chi connectivity index (χ0v) is 16.9. The van der Waals surface area contributed by atoms with Crippen LogP contribution in [0.4, 0.5) is 20.6 Å². The van der Waals surface area contributed by atoms with Gasteiger partial charge in [-0.15, -0.1) is 0 Å². The number of fused-ring (bicyclic) bond motifs is 3. The highest BCUT2D eigenvalue weighted by Crippen LogP contribution is 2.42. The number of anilines is 2. The Hall–Kier alpha value is -2.09. The van der Waals surface area contributed by atoms with E-state index in [1.165, 1.54) is 11.0 Å². The van der Waals surface area contributed by atoms with Crippen LogP contribution in [0.1, 0.15) is 39.0 Å². The summed E-state index contributed by atoms with van der Waals surface area (Å²) in [7, 11) is 0. The van der Waals surface area contributed by atoms with E-state index < -0.39 is 6.09 Å². The maximum atomic E-state index is 14.9. The molecule has 1 aromatic rings. The van der Waals surface area contributed by atoms with Crippen LogP contribution in [0.2, 0.25) is 0 Å². The van der Waals surface area contributed by atoms with Gasteiger partial charge < -0.3 is 19.7 Å². The molecule has 0 bridgehead atoms. The second-order valence-corrected chi connectivity index (χ2v) is 8.09. The van der Waals surface area contributed by atoms with E-state index in [0.717, 1.165) is 43.6 Å². The van der Waals surface area contributed by atoms with Crippen LogP contribution in [0.5, 0.6) is 5.75 Å². The minimum absolute atomic E-state index is 0.247. The summed E-state index contributed by atoms with van der Waals surface area (Å²) < 4.78 is 26.1. The molecule has 152 valence electrons. The number of nitrogens with one attached hydrogen (secondary N) is 1. The third kappa shape index (κ3) is 3.74. The van der Waals surface area contributed by atoms with E-state index in [2.05, 4.69) is 17.1 Å². The van der Waals surface area contributed by atoms with Crippen LogP contribution in [0, 0.1) is 5.82 Å². The number of thiocarbonyl (C=S) groups is 1. The Labute approximate surface area is 170 Å². The van der Waals surface area contributed by atoms with Gasteiger partial charge in [0.25, 0.3) is 0 Å². The summed E-state index contributed by atoms with van der Waals surface area (Å²) in [6.45, 7) is 4.33. The number of carbonyl (C=O) groups excluding carboxylic acids is 1. The smallest absolute Gasteiger partial charge is 0.414 e. The molecule has 3 aliphatic heterocycles. The summed E-state index contributed by atoms with van der Waals surface area (Å²) in [5, 5.41) is 3.16. The molecular formula is C20H26FN3O3S. The fourth-order valence-corrected chi connectivity index (χ4v) is 4.31. The van der Waals surface area contributed by atoms with E-state index in [0.29, 0.717) is 36.8 Å². The summed E-state index contributed by atoms with van der Waals surface area (Å²) in [6, 6.07) is 3.40. The first-order valence-electron chi connectivity index (χ1n) is 10.0. The Balaban J connectivity index is 1.44. The lowest BCUT2D eigenvalue weighted by molar-refractivity contribution is 0.143. The molecular weight excluding hydrogens is 381 g/mol.